The molecule has 0 saturated heterocycles. The summed E-state index contributed by atoms with van der Waals surface area (Å²) in [5.74, 6) is 0.347. The molecule has 0 aliphatic heterocycles. The molecule has 1 aliphatic rings. The van der Waals surface area contributed by atoms with E-state index in [0.29, 0.717) is 5.88 Å². The highest BCUT2D eigenvalue weighted by atomic mass is 16.3. The van der Waals surface area contributed by atoms with E-state index < -0.39 is 5.60 Å². The summed E-state index contributed by atoms with van der Waals surface area (Å²) in [5, 5.41) is 9.53. The van der Waals surface area contributed by atoms with E-state index in [-0.39, 0.29) is 0 Å². The highest BCUT2D eigenvalue weighted by Crippen LogP contribution is 2.47. The summed E-state index contributed by atoms with van der Waals surface area (Å²) in [6, 6.07) is 1.72. The van der Waals surface area contributed by atoms with Gasteiger partial charge in [-0.25, -0.2) is 0 Å². The molecule has 1 saturated carbocycles. The topological polar surface area (TPSA) is 59.4 Å². The van der Waals surface area contributed by atoms with Crippen molar-refractivity contribution in [1.29, 1.82) is 0 Å². The van der Waals surface area contributed by atoms with Crippen molar-refractivity contribution < 1.29 is 9.52 Å². The fourth-order valence-corrected chi connectivity index (χ4v) is 1.09. The molecule has 0 bridgehead atoms. The standard InChI is InChI=1S/C7H9NO2/c8-6-5(1-4-10-6)7(9)2-3-7/h1,4,9H,2-3,8H2. The van der Waals surface area contributed by atoms with Crippen LogP contribution in [0.4, 0.5) is 5.88 Å². The second kappa shape index (κ2) is 1.55. The van der Waals surface area contributed by atoms with Crippen LogP contribution in [0.2, 0.25) is 0 Å². The van der Waals surface area contributed by atoms with Gasteiger partial charge in [-0.1, -0.05) is 0 Å². The molecular weight excluding hydrogens is 130 g/mol. The molecule has 3 N–H and O–H groups in total. The molecule has 1 fully saturated rings. The molecule has 1 aliphatic carbocycles. The first kappa shape index (κ1) is 5.80. The number of nitrogen functional groups attached to an aromatic ring is 1. The molecule has 0 unspecified atom stereocenters. The first-order valence-corrected chi connectivity index (χ1v) is 3.28. The Bertz CT molecular complexity index is 250. The van der Waals surface area contributed by atoms with Crippen LogP contribution in [-0.2, 0) is 5.60 Å². The SMILES string of the molecule is Nc1occc1C1(O)CC1. The van der Waals surface area contributed by atoms with Crippen molar-refractivity contribution in [2.45, 2.75) is 18.4 Å². The van der Waals surface area contributed by atoms with E-state index in [4.69, 9.17) is 10.2 Å². The normalized spacial score (nSPS) is 20.9. The predicted molar refractivity (Wildman–Crippen MR) is 36.3 cm³/mol. The summed E-state index contributed by atoms with van der Waals surface area (Å²) in [6.45, 7) is 0. The number of hydrogen-bond donors (Lipinski definition) is 2. The summed E-state index contributed by atoms with van der Waals surface area (Å²) in [7, 11) is 0. The van der Waals surface area contributed by atoms with E-state index >= 15 is 0 Å². The summed E-state index contributed by atoms with van der Waals surface area (Å²) in [6.07, 6.45) is 3.11. The van der Waals surface area contributed by atoms with E-state index in [9.17, 15) is 5.11 Å². The highest BCUT2D eigenvalue weighted by molar-refractivity contribution is 5.43. The predicted octanol–water partition coefficient (Wildman–Crippen LogP) is 0.843. The Morgan fingerprint density at radius 3 is 2.70 bits per heavy atom. The van der Waals surface area contributed by atoms with Gasteiger partial charge in [0.05, 0.1) is 11.9 Å². The summed E-state index contributed by atoms with van der Waals surface area (Å²) in [4.78, 5) is 0. The Kier molecular flexibility index (Phi) is 0.898. The van der Waals surface area contributed by atoms with Crippen LogP contribution in [-0.4, -0.2) is 5.11 Å². The van der Waals surface area contributed by atoms with Crippen LogP contribution in [0.1, 0.15) is 18.4 Å². The lowest BCUT2D eigenvalue weighted by atomic mass is 10.1. The van der Waals surface area contributed by atoms with Crippen LogP contribution >= 0.6 is 0 Å². The van der Waals surface area contributed by atoms with Crippen molar-refractivity contribution in [3.8, 4) is 0 Å². The van der Waals surface area contributed by atoms with Gasteiger partial charge in [-0.3, -0.25) is 0 Å². The van der Waals surface area contributed by atoms with Crippen LogP contribution in [0.15, 0.2) is 16.7 Å². The van der Waals surface area contributed by atoms with Gasteiger partial charge >= 0.3 is 0 Å². The van der Waals surface area contributed by atoms with E-state index in [1.54, 1.807) is 6.07 Å². The Morgan fingerprint density at radius 2 is 2.30 bits per heavy atom. The quantitative estimate of drug-likeness (QED) is 0.606. The van der Waals surface area contributed by atoms with Crippen molar-refractivity contribution in [2.24, 2.45) is 0 Å². The molecule has 0 atom stereocenters. The average molecular weight is 139 g/mol. The fourth-order valence-electron chi connectivity index (χ4n) is 1.09. The first-order chi connectivity index (χ1) is 4.72. The van der Waals surface area contributed by atoms with E-state index in [2.05, 4.69) is 0 Å². The molecule has 2 rings (SSSR count). The monoisotopic (exact) mass is 139 g/mol. The van der Waals surface area contributed by atoms with Gasteiger partial charge in [0, 0.05) is 5.56 Å². The molecule has 1 heterocycles. The largest absolute Gasteiger partial charge is 0.449 e. The highest BCUT2D eigenvalue weighted by Gasteiger charge is 2.44. The van der Waals surface area contributed by atoms with Crippen LogP contribution in [0, 0.1) is 0 Å². The van der Waals surface area contributed by atoms with Gasteiger partial charge in [-0.05, 0) is 18.9 Å². The molecule has 3 nitrogen and oxygen atoms in total. The Balaban J connectivity index is 2.42. The number of furan rings is 1. The van der Waals surface area contributed by atoms with Gasteiger partial charge in [0.15, 0.2) is 5.88 Å². The molecule has 0 spiro atoms. The van der Waals surface area contributed by atoms with Crippen LogP contribution in [0.5, 0.6) is 0 Å². The van der Waals surface area contributed by atoms with Crippen molar-refractivity contribution in [3.63, 3.8) is 0 Å². The van der Waals surface area contributed by atoms with Crippen LogP contribution in [0.25, 0.3) is 0 Å². The Morgan fingerprint density at radius 1 is 1.60 bits per heavy atom. The minimum atomic E-state index is -0.656. The van der Waals surface area contributed by atoms with Gasteiger partial charge in [0.2, 0.25) is 0 Å². The third kappa shape index (κ3) is 0.640. The summed E-state index contributed by atoms with van der Waals surface area (Å²) in [5.41, 5.74) is 5.53. The lowest BCUT2D eigenvalue weighted by Gasteiger charge is -2.02. The lowest BCUT2D eigenvalue weighted by Crippen LogP contribution is -2.04. The number of aliphatic hydroxyl groups is 1. The van der Waals surface area contributed by atoms with Crippen molar-refractivity contribution in [1.82, 2.24) is 0 Å². The Labute approximate surface area is 58.4 Å². The van der Waals surface area contributed by atoms with Gasteiger partial charge in [0.1, 0.15) is 0 Å². The minimum Gasteiger partial charge on any atom is -0.449 e. The molecule has 3 heteroatoms. The smallest absolute Gasteiger partial charge is 0.196 e. The molecular formula is C7H9NO2. The molecule has 0 aromatic carbocycles. The van der Waals surface area contributed by atoms with Crippen molar-refractivity contribution in [3.05, 3.63) is 17.9 Å². The van der Waals surface area contributed by atoms with E-state index in [1.807, 2.05) is 0 Å². The molecule has 0 radical (unpaired) electrons. The zero-order valence-electron chi connectivity index (χ0n) is 5.50. The van der Waals surface area contributed by atoms with Crippen LogP contribution < -0.4 is 5.73 Å². The molecule has 54 valence electrons. The summed E-state index contributed by atoms with van der Waals surface area (Å²) < 4.78 is 4.85. The van der Waals surface area contributed by atoms with Crippen LogP contribution in [0.3, 0.4) is 0 Å². The van der Waals surface area contributed by atoms with E-state index in [1.165, 1.54) is 6.26 Å². The number of anilines is 1. The van der Waals surface area contributed by atoms with E-state index in [0.717, 1.165) is 18.4 Å². The maximum absolute atomic E-state index is 9.53. The average Bonchev–Trinajstić information content (AvgIpc) is 2.44. The first-order valence-electron chi connectivity index (χ1n) is 3.28. The lowest BCUT2D eigenvalue weighted by molar-refractivity contribution is 0.152. The second-order valence-electron chi connectivity index (χ2n) is 2.73. The van der Waals surface area contributed by atoms with Gasteiger partial charge < -0.3 is 15.3 Å². The second-order valence-corrected chi connectivity index (χ2v) is 2.73. The number of hydrogen-bond acceptors (Lipinski definition) is 3. The maximum Gasteiger partial charge on any atom is 0.196 e. The van der Waals surface area contributed by atoms with Gasteiger partial charge in [-0.2, -0.15) is 0 Å². The number of rotatable bonds is 1. The van der Waals surface area contributed by atoms with Gasteiger partial charge in [0.25, 0.3) is 0 Å². The molecule has 1 aromatic heterocycles. The molecule has 10 heavy (non-hydrogen) atoms. The van der Waals surface area contributed by atoms with Crippen molar-refractivity contribution >= 4 is 5.88 Å². The minimum absolute atomic E-state index is 0.347. The summed E-state index contributed by atoms with van der Waals surface area (Å²) >= 11 is 0. The number of nitrogens with two attached hydrogens (primary N) is 1. The van der Waals surface area contributed by atoms with Gasteiger partial charge in [-0.15, -0.1) is 0 Å². The zero-order valence-corrected chi connectivity index (χ0v) is 5.50. The molecule has 1 aromatic rings. The zero-order chi connectivity index (χ0) is 7.19. The maximum atomic E-state index is 9.53. The third-order valence-electron chi connectivity index (χ3n) is 1.92. The van der Waals surface area contributed by atoms with Crippen molar-refractivity contribution in [2.75, 3.05) is 5.73 Å². The third-order valence-corrected chi connectivity index (χ3v) is 1.92. The Hall–Kier alpha value is -0.960. The molecule has 0 amide bonds. The fraction of sp³-hybridized carbons (Fsp3) is 0.429.